The monoisotopic (exact) mass is 248 g/mol. The van der Waals surface area contributed by atoms with E-state index in [9.17, 15) is 8.78 Å². The summed E-state index contributed by atoms with van der Waals surface area (Å²) in [5.41, 5.74) is -3.92. The third kappa shape index (κ3) is 1.88. The van der Waals surface area contributed by atoms with Gasteiger partial charge in [0.05, 0.1) is 0 Å². The fourth-order valence-electron chi connectivity index (χ4n) is 1.27. The summed E-state index contributed by atoms with van der Waals surface area (Å²) in [7, 11) is -3.29. The summed E-state index contributed by atoms with van der Waals surface area (Å²) >= 11 is 1.45. The van der Waals surface area contributed by atoms with E-state index in [2.05, 4.69) is 0 Å². The summed E-state index contributed by atoms with van der Waals surface area (Å²) < 4.78 is 27.4. The predicted molar refractivity (Wildman–Crippen MR) is 57.1 cm³/mol. The van der Waals surface area contributed by atoms with Crippen molar-refractivity contribution in [3.63, 3.8) is 0 Å². The minimum Gasteiger partial charge on any atom is -0.346 e. The van der Waals surface area contributed by atoms with Crippen molar-refractivity contribution >= 4 is 29.8 Å². The Morgan fingerprint density at radius 3 is 2.60 bits per heavy atom. The smallest absolute Gasteiger partial charge is 0.339 e. The maximum Gasteiger partial charge on any atom is 0.339 e. The third-order valence-corrected chi connectivity index (χ3v) is 3.71. The standard InChI is InChI=1S/C9H7F2O2PS/c10-9(11,14(12)13)7-1-2-8-6(5-7)3-4-15-8/h1-5,12-13H. The van der Waals surface area contributed by atoms with Gasteiger partial charge in [-0.2, -0.15) is 8.78 Å². The van der Waals surface area contributed by atoms with E-state index < -0.39 is 14.0 Å². The maximum atomic E-state index is 13.2. The van der Waals surface area contributed by atoms with E-state index in [-0.39, 0.29) is 5.56 Å². The van der Waals surface area contributed by atoms with Crippen LogP contribution in [0.3, 0.4) is 0 Å². The molecule has 0 aliphatic heterocycles. The number of halogens is 2. The molecular formula is C9H7F2O2PS. The van der Waals surface area contributed by atoms with Gasteiger partial charge in [0.15, 0.2) is 0 Å². The van der Waals surface area contributed by atoms with E-state index in [1.165, 1.54) is 23.5 Å². The number of fused-ring (bicyclic) bond motifs is 1. The molecule has 0 fully saturated rings. The van der Waals surface area contributed by atoms with Gasteiger partial charge < -0.3 is 9.79 Å². The van der Waals surface area contributed by atoms with Crippen LogP contribution in [0.4, 0.5) is 8.78 Å². The summed E-state index contributed by atoms with van der Waals surface area (Å²) in [5, 5.41) is 2.49. The average Bonchev–Trinajstić information content (AvgIpc) is 2.63. The van der Waals surface area contributed by atoms with E-state index in [4.69, 9.17) is 9.79 Å². The summed E-state index contributed by atoms with van der Waals surface area (Å²) in [5.74, 6) is 0. The van der Waals surface area contributed by atoms with E-state index in [0.29, 0.717) is 5.39 Å². The number of benzene rings is 1. The molecule has 1 aromatic heterocycles. The number of hydrogen-bond acceptors (Lipinski definition) is 3. The molecule has 1 aromatic carbocycles. The van der Waals surface area contributed by atoms with Crippen molar-refractivity contribution in [3.8, 4) is 0 Å². The second-order valence-electron chi connectivity index (χ2n) is 3.00. The quantitative estimate of drug-likeness (QED) is 0.801. The van der Waals surface area contributed by atoms with Gasteiger partial charge >= 0.3 is 5.66 Å². The molecule has 0 aliphatic rings. The van der Waals surface area contributed by atoms with E-state index in [1.54, 1.807) is 17.5 Å². The molecule has 0 atom stereocenters. The van der Waals surface area contributed by atoms with Crippen molar-refractivity contribution in [3.05, 3.63) is 35.2 Å². The summed E-state index contributed by atoms with van der Waals surface area (Å²) in [6, 6.07) is 5.78. The molecule has 0 amide bonds. The zero-order valence-electron chi connectivity index (χ0n) is 7.39. The molecule has 2 nitrogen and oxygen atoms in total. The lowest BCUT2D eigenvalue weighted by Crippen LogP contribution is -2.10. The van der Waals surface area contributed by atoms with Crippen molar-refractivity contribution in [2.75, 3.05) is 0 Å². The van der Waals surface area contributed by atoms with Crippen LogP contribution in [0.15, 0.2) is 29.6 Å². The molecule has 0 unspecified atom stereocenters. The van der Waals surface area contributed by atoms with Crippen molar-refractivity contribution in [2.45, 2.75) is 5.66 Å². The highest BCUT2D eigenvalue weighted by Gasteiger charge is 2.40. The topological polar surface area (TPSA) is 40.5 Å². The highest BCUT2D eigenvalue weighted by Crippen LogP contribution is 2.52. The number of rotatable bonds is 2. The Kier molecular flexibility index (Phi) is 2.73. The molecule has 6 heteroatoms. The predicted octanol–water partition coefficient (Wildman–Crippen LogP) is 3.25. The Labute approximate surface area is 89.7 Å². The van der Waals surface area contributed by atoms with Gasteiger partial charge in [0.25, 0.3) is 0 Å². The van der Waals surface area contributed by atoms with Crippen LogP contribution in [0.5, 0.6) is 0 Å². The first-order chi connectivity index (χ1) is 7.01. The molecular weight excluding hydrogens is 241 g/mol. The van der Waals surface area contributed by atoms with Crippen LogP contribution in [-0.4, -0.2) is 9.79 Å². The van der Waals surface area contributed by atoms with Gasteiger partial charge in [-0.3, -0.25) is 0 Å². The van der Waals surface area contributed by atoms with Gasteiger partial charge in [0.2, 0.25) is 8.38 Å². The van der Waals surface area contributed by atoms with Gasteiger partial charge in [-0.15, -0.1) is 11.3 Å². The summed E-state index contributed by atoms with van der Waals surface area (Å²) in [6.45, 7) is 0. The highest BCUT2D eigenvalue weighted by molar-refractivity contribution is 7.46. The molecule has 0 saturated carbocycles. The lowest BCUT2D eigenvalue weighted by Gasteiger charge is -2.17. The van der Waals surface area contributed by atoms with Crippen LogP contribution in [0, 0.1) is 0 Å². The van der Waals surface area contributed by atoms with Crippen molar-refractivity contribution in [1.29, 1.82) is 0 Å². The van der Waals surface area contributed by atoms with Crippen LogP contribution in [0.1, 0.15) is 5.56 Å². The van der Waals surface area contributed by atoms with Gasteiger partial charge in [0, 0.05) is 10.3 Å². The van der Waals surface area contributed by atoms with Gasteiger partial charge in [0.1, 0.15) is 0 Å². The minimum atomic E-state index is -3.56. The Bertz CT molecular complexity index is 484. The van der Waals surface area contributed by atoms with Crippen LogP contribution in [0.25, 0.3) is 10.1 Å². The SMILES string of the molecule is OP(O)C(F)(F)c1ccc2sccc2c1. The molecule has 0 aliphatic carbocycles. The van der Waals surface area contributed by atoms with E-state index >= 15 is 0 Å². The first kappa shape index (κ1) is 10.9. The van der Waals surface area contributed by atoms with E-state index in [1.807, 2.05) is 0 Å². The fourth-order valence-corrected chi connectivity index (χ4v) is 2.41. The largest absolute Gasteiger partial charge is 0.346 e. The van der Waals surface area contributed by atoms with Crippen LogP contribution >= 0.6 is 19.7 Å². The molecule has 0 spiro atoms. The molecule has 0 bridgehead atoms. The number of alkyl halides is 2. The zero-order chi connectivity index (χ0) is 11.1. The molecule has 80 valence electrons. The van der Waals surface area contributed by atoms with Crippen LogP contribution in [0.2, 0.25) is 0 Å². The Morgan fingerprint density at radius 1 is 1.20 bits per heavy atom. The first-order valence-corrected chi connectivity index (χ1v) is 6.18. The highest BCUT2D eigenvalue weighted by atomic mass is 32.1. The Hall–Kier alpha value is -0.610. The van der Waals surface area contributed by atoms with Gasteiger partial charge in [-0.25, -0.2) is 0 Å². The molecule has 2 N–H and O–H groups in total. The maximum absolute atomic E-state index is 13.2. The molecule has 0 radical (unpaired) electrons. The lowest BCUT2D eigenvalue weighted by molar-refractivity contribution is 0.0734. The molecule has 1 heterocycles. The number of hydrogen-bond donors (Lipinski definition) is 2. The second-order valence-corrected chi connectivity index (χ2v) is 5.09. The average molecular weight is 248 g/mol. The van der Waals surface area contributed by atoms with Gasteiger partial charge in [-0.05, 0) is 29.0 Å². The Morgan fingerprint density at radius 2 is 1.93 bits per heavy atom. The number of thiophene rings is 1. The van der Waals surface area contributed by atoms with E-state index in [0.717, 1.165) is 4.70 Å². The van der Waals surface area contributed by atoms with Crippen LogP contribution < -0.4 is 0 Å². The molecule has 2 rings (SSSR count). The zero-order valence-corrected chi connectivity index (χ0v) is 9.10. The first-order valence-electron chi connectivity index (χ1n) is 4.05. The summed E-state index contributed by atoms with van der Waals surface area (Å²) in [4.78, 5) is 17.3. The molecule has 15 heavy (non-hydrogen) atoms. The third-order valence-electron chi connectivity index (χ3n) is 2.05. The second kappa shape index (κ2) is 3.76. The lowest BCUT2D eigenvalue weighted by atomic mass is 10.2. The van der Waals surface area contributed by atoms with Crippen molar-refractivity contribution in [2.24, 2.45) is 0 Å². The van der Waals surface area contributed by atoms with Gasteiger partial charge in [-0.1, -0.05) is 6.07 Å². The normalized spacial score (nSPS) is 12.6. The summed E-state index contributed by atoms with van der Waals surface area (Å²) in [6.07, 6.45) is 0. The Balaban J connectivity index is 2.52. The van der Waals surface area contributed by atoms with Crippen molar-refractivity contribution in [1.82, 2.24) is 0 Å². The van der Waals surface area contributed by atoms with Crippen molar-refractivity contribution < 1.29 is 18.6 Å². The molecule has 0 saturated heterocycles. The molecule has 2 aromatic rings. The van der Waals surface area contributed by atoms with Crippen LogP contribution in [-0.2, 0) is 5.66 Å². The fraction of sp³-hybridized carbons (Fsp3) is 0.111. The minimum absolute atomic E-state index is 0.357.